The molecular formula is C13H30N4O4. The summed E-state index contributed by atoms with van der Waals surface area (Å²) >= 11 is 0. The van der Waals surface area contributed by atoms with Crippen molar-refractivity contribution in [3.63, 3.8) is 0 Å². The predicted molar refractivity (Wildman–Crippen MR) is 79.7 cm³/mol. The molecule has 126 valence electrons. The number of rotatable bonds is 9. The molecular weight excluding hydrogens is 276 g/mol. The van der Waals surface area contributed by atoms with Gasteiger partial charge in [0.2, 0.25) is 0 Å². The second-order valence-corrected chi connectivity index (χ2v) is 5.37. The van der Waals surface area contributed by atoms with Gasteiger partial charge in [0, 0.05) is 39.8 Å². The molecule has 0 bridgehead atoms. The van der Waals surface area contributed by atoms with E-state index in [4.69, 9.17) is 26.7 Å². The monoisotopic (exact) mass is 306 g/mol. The number of aliphatic hydroxyl groups excluding tert-OH is 2. The quantitative estimate of drug-likeness (QED) is 0.305. The van der Waals surface area contributed by atoms with Gasteiger partial charge in [0.25, 0.3) is 0 Å². The second-order valence-electron chi connectivity index (χ2n) is 5.37. The van der Waals surface area contributed by atoms with Gasteiger partial charge in [-0.05, 0) is 6.42 Å². The third-order valence-electron chi connectivity index (χ3n) is 3.95. The lowest BCUT2D eigenvalue weighted by Crippen LogP contribution is -2.62. The zero-order valence-electron chi connectivity index (χ0n) is 12.7. The number of ether oxygens (including phenoxy) is 2. The van der Waals surface area contributed by atoms with Crippen molar-refractivity contribution in [1.82, 2.24) is 4.90 Å². The lowest BCUT2D eigenvalue weighted by Gasteiger charge is -2.42. The Hall–Kier alpha value is -0.320. The molecule has 1 heterocycles. The van der Waals surface area contributed by atoms with E-state index >= 15 is 0 Å². The Kier molecular flexibility index (Phi) is 8.60. The summed E-state index contributed by atoms with van der Waals surface area (Å²) in [6.45, 7) is 3.15. The highest BCUT2D eigenvalue weighted by Gasteiger charge is 2.43. The molecule has 0 amide bonds. The van der Waals surface area contributed by atoms with Crippen LogP contribution in [0.4, 0.5) is 0 Å². The van der Waals surface area contributed by atoms with Crippen molar-refractivity contribution in [3.05, 3.63) is 0 Å². The molecule has 1 rings (SSSR count). The average Bonchev–Trinajstić information content (AvgIpc) is 2.48. The van der Waals surface area contributed by atoms with Crippen molar-refractivity contribution in [3.8, 4) is 0 Å². The van der Waals surface area contributed by atoms with Crippen molar-refractivity contribution in [2.75, 3.05) is 46.4 Å². The minimum atomic E-state index is -0.858. The van der Waals surface area contributed by atoms with Gasteiger partial charge in [0.05, 0.1) is 18.8 Å². The fourth-order valence-electron chi connectivity index (χ4n) is 2.76. The standard InChI is InChI=1S/C13H30N4O4/c1-20-13-10(8-18)21-9(11(16)12(13)19)2-5-17(6-3-14)7-4-15/h9-13,18-19H,2-8,14-16H2,1H3. The topological polar surface area (TPSA) is 140 Å². The third-order valence-corrected chi connectivity index (χ3v) is 3.95. The molecule has 21 heavy (non-hydrogen) atoms. The number of methoxy groups -OCH3 is 1. The lowest BCUT2D eigenvalue weighted by atomic mass is 9.91. The van der Waals surface area contributed by atoms with Gasteiger partial charge in [0.15, 0.2) is 0 Å². The molecule has 0 aromatic rings. The second kappa shape index (κ2) is 9.65. The van der Waals surface area contributed by atoms with Gasteiger partial charge in [0.1, 0.15) is 18.3 Å². The smallest absolute Gasteiger partial charge is 0.113 e. The predicted octanol–water partition coefficient (Wildman–Crippen LogP) is -2.94. The zero-order chi connectivity index (χ0) is 15.8. The molecule has 0 spiro atoms. The van der Waals surface area contributed by atoms with Crippen LogP contribution in [0.25, 0.3) is 0 Å². The molecule has 0 aromatic carbocycles. The maximum absolute atomic E-state index is 10.2. The van der Waals surface area contributed by atoms with Crippen molar-refractivity contribution in [2.45, 2.75) is 36.9 Å². The first kappa shape index (κ1) is 18.7. The highest BCUT2D eigenvalue weighted by molar-refractivity contribution is 4.95. The summed E-state index contributed by atoms with van der Waals surface area (Å²) in [6, 6.07) is -0.546. The van der Waals surface area contributed by atoms with Crippen molar-refractivity contribution < 1.29 is 19.7 Å². The SMILES string of the molecule is COC1C(CO)OC(CCN(CCN)CCN)C(N)C1O. The van der Waals surface area contributed by atoms with E-state index in [0.717, 1.165) is 19.6 Å². The molecule has 1 saturated heterocycles. The minimum absolute atomic E-state index is 0.214. The zero-order valence-corrected chi connectivity index (χ0v) is 12.7. The van der Waals surface area contributed by atoms with Crippen molar-refractivity contribution >= 4 is 0 Å². The van der Waals surface area contributed by atoms with E-state index in [-0.39, 0.29) is 12.7 Å². The van der Waals surface area contributed by atoms with E-state index in [1.54, 1.807) is 0 Å². The fourth-order valence-corrected chi connectivity index (χ4v) is 2.76. The molecule has 0 saturated carbocycles. The summed E-state index contributed by atoms with van der Waals surface area (Å²) in [4.78, 5) is 2.14. The van der Waals surface area contributed by atoms with Crippen LogP contribution in [-0.4, -0.2) is 92.0 Å². The van der Waals surface area contributed by atoms with Crippen LogP contribution in [0.3, 0.4) is 0 Å². The summed E-state index contributed by atoms with van der Waals surface area (Å²) in [6.07, 6.45) is -1.71. The molecule has 1 aliphatic heterocycles. The Morgan fingerprint density at radius 2 is 1.76 bits per heavy atom. The molecule has 8 N–H and O–H groups in total. The Balaban J connectivity index is 2.57. The molecule has 8 nitrogen and oxygen atoms in total. The minimum Gasteiger partial charge on any atom is -0.394 e. The number of nitrogens with two attached hydrogens (primary N) is 3. The van der Waals surface area contributed by atoms with E-state index < -0.39 is 24.4 Å². The Morgan fingerprint density at radius 1 is 1.14 bits per heavy atom. The van der Waals surface area contributed by atoms with Gasteiger partial charge in [-0.15, -0.1) is 0 Å². The van der Waals surface area contributed by atoms with Crippen LogP contribution in [-0.2, 0) is 9.47 Å². The number of hydrogen-bond acceptors (Lipinski definition) is 8. The maximum Gasteiger partial charge on any atom is 0.113 e. The first-order chi connectivity index (χ1) is 10.1. The van der Waals surface area contributed by atoms with E-state index in [1.165, 1.54) is 7.11 Å². The van der Waals surface area contributed by atoms with Crippen LogP contribution in [0.5, 0.6) is 0 Å². The third kappa shape index (κ3) is 5.11. The van der Waals surface area contributed by atoms with Gasteiger partial charge in [-0.3, -0.25) is 0 Å². The summed E-state index contributed by atoms with van der Waals surface area (Å²) in [7, 11) is 1.47. The Labute approximate surface area is 126 Å². The van der Waals surface area contributed by atoms with Gasteiger partial charge in [-0.25, -0.2) is 0 Å². The molecule has 0 aromatic heterocycles. The van der Waals surface area contributed by atoms with Crippen LogP contribution in [0, 0.1) is 0 Å². The summed E-state index contributed by atoms with van der Waals surface area (Å²) in [5.74, 6) is 0. The van der Waals surface area contributed by atoms with Gasteiger partial charge in [-0.2, -0.15) is 0 Å². The molecule has 8 heteroatoms. The van der Waals surface area contributed by atoms with E-state index in [1.807, 2.05) is 0 Å². The van der Waals surface area contributed by atoms with E-state index in [9.17, 15) is 10.2 Å². The Bertz CT molecular complexity index is 277. The van der Waals surface area contributed by atoms with E-state index in [2.05, 4.69) is 4.90 Å². The molecule has 5 atom stereocenters. The number of nitrogens with zero attached hydrogens (tertiary/aromatic N) is 1. The number of hydrogen-bond donors (Lipinski definition) is 5. The van der Waals surface area contributed by atoms with Crippen molar-refractivity contribution in [2.24, 2.45) is 17.2 Å². The summed E-state index contributed by atoms with van der Waals surface area (Å²) in [5.41, 5.74) is 17.2. The van der Waals surface area contributed by atoms with Gasteiger partial charge >= 0.3 is 0 Å². The fraction of sp³-hybridized carbons (Fsp3) is 1.00. The van der Waals surface area contributed by atoms with Crippen LogP contribution < -0.4 is 17.2 Å². The first-order valence-corrected chi connectivity index (χ1v) is 7.44. The normalized spacial score (nSPS) is 33.6. The van der Waals surface area contributed by atoms with Gasteiger partial charge in [-0.1, -0.05) is 0 Å². The molecule has 5 unspecified atom stereocenters. The maximum atomic E-state index is 10.2. The van der Waals surface area contributed by atoms with Crippen LogP contribution in [0.15, 0.2) is 0 Å². The van der Waals surface area contributed by atoms with E-state index in [0.29, 0.717) is 19.5 Å². The van der Waals surface area contributed by atoms with Crippen LogP contribution in [0.1, 0.15) is 6.42 Å². The summed E-state index contributed by atoms with van der Waals surface area (Å²) in [5, 5.41) is 19.5. The average molecular weight is 306 g/mol. The van der Waals surface area contributed by atoms with Crippen LogP contribution >= 0.6 is 0 Å². The number of aliphatic hydroxyl groups is 2. The van der Waals surface area contributed by atoms with Crippen LogP contribution in [0.2, 0.25) is 0 Å². The lowest BCUT2D eigenvalue weighted by molar-refractivity contribution is -0.199. The van der Waals surface area contributed by atoms with Crippen molar-refractivity contribution in [1.29, 1.82) is 0 Å². The molecule has 0 radical (unpaired) electrons. The Morgan fingerprint density at radius 3 is 2.24 bits per heavy atom. The molecule has 0 aliphatic carbocycles. The summed E-state index contributed by atoms with van der Waals surface area (Å²) < 4.78 is 10.9. The highest BCUT2D eigenvalue weighted by atomic mass is 16.6. The first-order valence-electron chi connectivity index (χ1n) is 7.44. The molecule has 1 aliphatic rings. The molecule has 1 fully saturated rings. The van der Waals surface area contributed by atoms with Gasteiger partial charge < -0.3 is 41.8 Å². The largest absolute Gasteiger partial charge is 0.394 e. The highest BCUT2D eigenvalue weighted by Crippen LogP contribution is 2.23.